The molecular formula is C24H16Cl2FN7O. The number of aromatic nitrogens is 5. The molecule has 1 aliphatic rings. The summed E-state index contributed by atoms with van der Waals surface area (Å²) in [5.74, 6) is 1.51. The van der Waals surface area contributed by atoms with Crippen molar-refractivity contribution in [1.29, 1.82) is 0 Å². The molecule has 4 heterocycles. The van der Waals surface area contributed by atoms with Crippen LogP contribution in [0.5, 0.6) is 0 Å². The van der Waals surface area contributed by atoms with Crippen LogP contribution >= 0.6 is 23.2 Å². The molecule has 1 aromatic carbocycles. The fourth-order valence-electron chi connectivity index (χ4n) is 3.72. The molecule has 0 atom stereocenters. The summed E-state index contributed by atoms with van der Waals surface area (Å²) in [7, 11) is 0. The van der Waals surface area contributed by atoms with Crippen molar-refractivity contribution in [3.05, 3.63) is 81.2 Å². The molecule has 174 valence electrons. The van der Waals surface area contributed by atoms with Crippen LogP contribution in [-0.2, 0) is 13.0 Å². The molecule has 4 aromatic rings. The minimum atomic E-state index is -0.656. The number of amides is 1. The summed E-state index contributed by atoms with van der Waals surface area (Å²) >= 11 is 12.7. The third kappa shape index (κ3) is 4.47. The maximum atomic E-state index is 15.0. The van der Waals surface area contributed by atoms with Gasteiger partial charge in [0.1, 0.15) is 11.5 Å². The summed E-state index contributed by atoms with van der Waals surface area (Å²) in [5, 5.41) is 15.0. The van der Waals surface area contributed by atoms with Gasteiger partial charge in [0.2, 0.25) is 0 Å². The van der Waals surface area contributed by atoms with Crippen molar-refractivity contribution in [3.63, 3.8) is 0 Å². The maximum absolute atomic E-state index is 15.0. The Kier molecular flexibility index (Phi) is 6.17. The van der Waals surface area contributed by atoms with E-state index in [0.29, 0.717) is 29.2 Å². The Bertz CT molecular complexity index is 1490. The van der Waals surface area contributed by atoms with Gasteiger partial charge >= 0.3 is 0 Å². The number of pyridine rings is 2. The van der Waals surface area contributed by atoms with E-state index in [1.54, 1.807) is 6.07 Å². The summed E-state index contributed by atoms with van der Waals surface area (Å²) in [6, 6.07) is 5.51. The molecule has 2 N–H and O–H groups in total. The molecule has 3 aromatic heterocycles. The van der Waals surface area contributed by atoms with Gasteiger partial charge in [0.15, 0.2) is 5.82 Å². The van der Waals surface area contributed by atoms with Gasteiger partial charge in [-0.1, -0.05) is 29.1 Å². The van der Waals surface area contributed by atoms with Gasteiger partial charge in [-0.25, -0.2) is 9.37 Å². The zero-order valence-corrected chi connectivity index (χ0v) is 19.5. The van der Waals surface area contributed by atoms with Crippen LogP contribution in [0.2, 0.25) is 10.0 Å². The lowest BCUT2D eigenvalue weighted by atomic mass is 10.00. The minimum Gasteiger partial charge on any atom is -0.320 e. The van der Waals surface area contributed by atoms with E-state index in [4.69, 9.17) is 29.6 Å². The van der Waals surface area contributed by atoms with E-state index in [1.807, 2.05) is 0 Å². The average molecular weight is 508 g/mol. The predicted octanol–water partition coefficient (Wildman–Crippen LogP) is 4.05. The second-order valence-corrected chi connectivity index (χ2v) is 8.49. The number of carbonyl (C=O) groups excluding carboxylic acids is 1. The van der Waals surface area contributed by atoms with Gasteiger partial charge in [-0.2, -0.15) is 10.2 Å². The molecule has 8 nitrogen and oxygen atoms in total. The van der Waals surface area contributed by atoms with Gasteiger partial charge in [-0.15, -0.1) is 11.2 Å². The molecule has 0 unspecified atom stereocenters. The Balaban J connectivity index is 1.39. The molecular weight excluding hydrogens is 492 g/mol. The van der Waals surface area contributed by atoms with Crippen LogP contribution < -0.4 is 10.6 Å². The van der Waals surface area contributed by atoms with Crippen molar-refractivity contribution >= 4 is 34.8 Å². The minimum absolute atomic E-state index is 0.0503. The second-order valence-electron chi connectivity index (χ2n) is 7.67. The highest BCUT2D eigenvalue weighted by Gasteiger charge is 2.20. The SMILES string of the molecule is C#Cc1cnccc1-c1cc(Cl)c(C(=O)Nc2cnc(-n3nc4c(n3)CNCC4)c(Cl)c2)cc1F. The Morgan fingerprint density at radius 3 is 2.74 bits per heavy atom. The van der Waals surface area contributed by atoms with Gasteiger partial charge in [0.25, 0.3) is 5.91 Å². The molecule has 0 aliphatic carbocycles. The fraction of sp³-hybridized carbons (Fsp3) is 0.125. The molecule has 0 spiro atoms. The standard InChI is InChI=1S/C24H16Cl2FN7O/c1-2-13-10-28-5-3-15(13)16-8-18(25)17(9-20(16)27)24(35)31-14-7-19(26)23(30-11-14)34-32-21-4-6-29-12-22(21)33-34/h1,3,5,7-11,29H,4,6,12H2,(H,31,35). The number of carbonyl (C=O) groups is 1. The highest BCUT2D eigenvalue weighted by molar-refractivity contribution is 6.35. The third-order valence-corrected chi connectivity index (χ3v) is 6.02. The smallest absolute Gasteiger partial charge is 0.257 e. The van der Waals surface area contributed by atoms with Crippen LogP contribution in [0.4, 0.5) is 10.1 Å². The van der Waals surface area contributed by atoms with E-state index < -0.39 is 11.7 Å². The third-order valence-electron chi connectivity index (χ3n) is 5.43. The van der Waals surface area contributed by atoms with Crippen LogP contribution in [0.1, 0.15) is 27.3 Å². The van der Waals surface area contributed by atoms with Gasteiger partial charge in [0.05, 0.1) is 38.8 Å². The van der Waals surface area contributed by atoms with Crippen molar-refractivity contribution in [2.24, 2.45) is 0 Å². The summed E-state index contributed by atoms with van der Waals surface area (Å²) < 4.78 is 15.0. The molecule has 5 rings (SSSR count). The second kappa shape index (κ2) is 9.43. The number of anilines is 1. The van der Waals surface area contributed by atoms with Crippen molar-refractivity contribution in [3.8, 4) is 29.3 Å². The number of fused-ring (bicyclic) bond motifs is 1. The molecule has 0 fully saturated rings. The van der Waals surface area contributed by atoms with E-state index in [0.717, 1.165) is 30.4 Å². The lowest BCUT2D eigenvalue weighted by molar-refractivity contribution is 0.102. The maximum Gasteiger partial charge on any atom is 0.257 e. The number of rotatable bonds is 4. The zero-order valence-electron chi connectivity index (χ0n) is 18.0. The lowest BCUT2D eigenvalue weighted by Crippen LogP contribution is -2.23. The molecule has 0 bridgehead atoms. The first-order valence-electron chi connectivity index (χ1n) is 10.5. The number of hydrogen-bond donors (Lipinski definition) is 2. The normalized spacial score (nSPS) is 12.6. The van der Waals surface area contributed by atoms with Crippen LogP contribution in [0.3, 0.4) is 0 Å². The van der Waals surface area contributed by atoms with E-state index in [-0.39, 0.29) is 21.2 Å². The van der Waals surface area contributed by atoms with Crippen LogP contribution in [0.15, 0.2) is 42.9 Å². The quantitative estimate of drug-likeness (QED) is 0.404. The number of halogens is 3. The van der Waals surface area contributed by atoms with Gasteiger partial charge < -0.3 is 10.6 Å². The Labute approximate surface area is 209 Å². The lowest BCUT2D eigenvalue weighted by Gasteiger charge is -2.11. The van der Waals surface area contributed by atoms with Crippen molar-refractivity contribution < 1.29 is 9.18 Å². The Morgan fingerprint density at radius 1 is 1.14 bits per heavy atom. The predicted molar refractivity (Wildman–Crippen MR) is 130 cm³/mol. The molecule has 1 aliphatic heterocycles. The van der Waals surface area contributed by atoms with Gasteiger partial charge in [-0.05, 0) is 24.3 Å². The van der Waals surface area contributed by atoms with E-state index in [1.165, 1.54) is 35.5 Å². The number of nitrogens with zero attached hydrogens (tertiary/aromatic N) is 5. The van der Waals surface area contributed by atoms with Crippen LogP contribution in [0.25, 0.3) is 16.9 Å². The summed E-state index contributed by atoms with van der Waals surface area (Å²) in [6.45, 7) is 1.46. The first kappa shape index (κ1) is 22.9. The van der Waals surface area contributed by atoms with E-state index in [2.05, 4.69) is 36.7 Å². The summed E-state index contributed by atoms with van der Waals surface area (Å²) in [6.07, 6.45) is 10.6. The molecule has 1 amide bonds. The summed E-state index contributed by atoms with van der Waals surface area (Å²) in [4.78, 5) is 22.5. The molecule has 0 radical (unpaired) electrons. The average Bonchev–Trinajstić information content (AvgIpc) is 3.29. The molecule has 0 saturated carbocycles. The van der Waals surface area contributed by atoms with Gasteiger partial charge in [-0.3, -0.25) is 9.78 Å². The number of nitrogens with one attached hydrogen (secondary N) is 2. The topological polar surface area (TPSA) is 97.6 Å². The summed E-state index contributed by atoms with van der Waals surface area (Å²) in [5.41, 5.74) is 2.99. The first-order valence-corrected chi connectivity index (χ1v) is 11.2. The van der Waals surface area contributed by atoms with E-state index >= 15 is 0 Å². The van der Waals surface area contributed by atoms with E-state index in [9.17, 15) is 9.18 Å². The van der Waals surface area contributed by atoms with Gasteiger partial charge in [0, 0.05) is 43.0 Å². The Hall–Kier alpha value is -3.84. The molecule has 11 heteroatoms. The number of terminal acetylenes is 1. The highest BCUT2D eigenvalue weighted by Crippen LogP contribution is 2.31. The number of benzene rings is 1. The highest BCUT2D eigenvalue weighted by atomic mass is 35.5. The molecule has 35 heavy (non-hydrogen) atoms. The fourth-order valence-corrected chi connectivity index (χ4v) is 4.21. The Morgan fingerprint density at radius 2 is 1.97 bits per heavy atom. The first-order chi connectivity index (χ1) is 16.9. The van der Waals surface area contributed by atoms with Crippen LogP contribution in [-0.4, -0.2) is 37.4 Å². The number of hydrogen-bond acceptors (Lipinski definition) is 6. The van der Waals surface area contributed by atoms with Crippen LogP contribution in [0, 0.1) is 18.2 Å². The molecule has 0 saturated heterocycles. The van der Waals surface area contributed by atoms with Crippen molar-refractivity contribution in [2.75, 3.05) is 11.9 Å². The zero-order chi connectivity index (χ0) is 24.5. The monoisotopic (exact) mass is 507 g/mol. The van der Waals surface area contributed by atoms with Crippen molar-refractivity contribution in [2.45, 2.75) is 13.0 Å². The largest absolute Gasteiger partial charge is 0.320 e. The van der Waals surface area contributed by atoms with Crippen molar-refractivity contribution in [1.82, 2.24) is 30.3 Å².